The predicted molar refractivity (Wildman–Crippen MR) is 106 cm³/mol. The van der Waals surface area contributed by atoms with Crippen LogP contribution in [0.1, 0.15) is 33.5 Å². The van der Waals surface area contributed by atoms with Gasteiger partial charge in [0.2, 0.25) is 0 Å². The van der Waals surface area contributed by atoms with Crippen LogP contribution in [0.4, 0.5) is 0 Å². The highest BCUT2D eigenvalue weighted by Gasteiger charge is 2.21. The normalized spacial score (nSPS) is 12.5. The molecule has 0 N–H and O–H groups in total. The van der Waals surface area contributed by atoms with Crippen molar-refractivity contribution < 1.29 is 4.79 Å². The van der Waals surface area contributed by atoms with Crippen LogP contribution in [0.2, 0.25) is 0 Å². The number of carbonyl (C=O) groups is 1. The van der Waals surface area contributed by atoms with Crippen LogP contribution in [0.25, 0.3) is 11.1 Å². The van der Waals surface area contributed by atoms with Gasteiger partial charge in [-0.15, -0.1) is 0 Å². The number of hydrogen-bond donors (Lipinski definition) is 0. The van der Waals surface area contributed by atoms with Crippen LogP contribution in [-0.2, 0) is 19.5 Å². The Bertz CT molecular complexity index is 1020. The molecule has 0 spiro atoms. The fourth-order valence-corrected chi connectivity index (χ4v) is 3.67. The van der Waals surface area contributed by atoms with E-state index in [9.17, 15) is 10.1 Å². The van der Waals surface area contributed by atoms with E-state index in [1.807, 2.05) is 48.5 Å². The summed E-state index contributed by atoms with van der Waals surface area (Å²) in [4.78, 5) is 14.4. The molecule has 3 aromatic carbocycles. The van der Waals surface area contributed by atoms with Crippen molar-refractivity contribution in [2.75, 3.05) is 0 Å². The van der Waals surface area contributed by atoms with Crippen molar-refractivity contribution in [3.63, 3.8) is 0 Å². The van der Waals surface area contributed by atoms with Gasteiger partial charge in [-0.2, -0.15) is 5.26 Å². The van der Waals surface area contributed by atoms with E-state index in [1.54, 1.807) is 4.90 Å². The maximum atomic E-state index is 12.7. The highest BCUT2D eigenvalue weighted by Crippen LogP contribution is 2.32. The summed E-state index contributed by atoms with van der Waals surface area (Å²) < 4.78 is 0. The molecule has 0 saturated carbocycles. The third kappa shape index (κ3) is 3.61. The first-order chi connectivity index (χ1) is 13.2. The number of rotatable bonds is 5. The van der Waals surface area contributed by atoms with E-state index < -0.39 is 0 Å². The number of hydrogen-bond acceptors (Lipinski definition) is 3. The number of nitrogens with zero attached hydrogens (tertiary/aromatic N) is 2. The van der Waals surface area contributed by atoms with Crippen molar-refractivity contribution >= 4 is 5.78 Å². The standard InChI is InChI=1S/C24H20N2O/c25-17-26-15-21-10-5-11-22(23(21)16-26)19-8-4-9-20(14-19)24(27)13-12-18-6-2-1-3-7-18/h1-11,14H,12-13,15-16H2. The fourth-order valence-electron chi connectivity index (χ4n) is 3.67. The van der Waals surface area contributed by atoms with Gasteiger partial charge in [0.1, 0.15) is 0 Å². The van der Waals surface area contributed by atoms with Crippen molar-refractivity contribution in [1.29, 1.82) is 5.26 Å². The zero-order chi connectivity index (χ0) is 18.6. The monoisotopic (exact) mass is 352 g/mol. The Morgan fingerprint density at radius 2 is 1.78 bits per heavy atom. The van der Waals surface area contributed by atoms with E-state index in [0.29, 0.717) is 19.5 Å². The number of Topliss-reactive ketones (excluding diaryl/α,β-unsaturated/α-hetero) is 1. The first-order valence-corrected chi connectivity index (χ1v) is 9.17. The average molecular weight is 352 g/mol. The van der Waals surface area contributed by atoms with Crippen molar-refractivity contribution in [3.05, 3.63) is 95.1 Å². The molecular weight excluding hydrogens is 332 g/mol. The summed E-state index contributed by atoms with van der Waals surface area (Å²) in [6, 6.07) is 24.1. The van der Waals surface area contributed by atoms with Crippen LogP contribution in [0.15, 0.2) is 72.8 Å². The maximum absolute atomic E-state index is 12.7. The van der Waals surface area contributed by atoms with E-state index in [1.165, 1.54) is 16.7 Å². The minimum Gasteiger partial charge on any atom is -0.302 e. The van der Waals surface area contributed by atoms with E-state index >= 15 is 0 Å². The van der Waals surface area contributed by atoms with Crippen molar-refractivity contribution in [1.82, 2.24) is 4.90 Å². The van der Waals surface area contributed by atoms with Gasteiger partial charge < -0.3 is 4.90 Å². The van der Waals surface area contributed by atoms with Gasteiger partial charge in [0.05, 0.1) is 13.1 Å². The van der Waals surface area contributed by atoms with Crippen LogP contribution in [0.3, 0.4) is 0 Å². The first-order valence-electron chi connectivity index (χ1n) is 9.17. The lowest BCUT2D eigenvalue weighted by Gasteiger charge is -2.10. The number of nitriles is 1. The Labute approximate surface area is 159 Å². The Morgan fingerprint density at radius 3 is 2.59 bits per heavy atom. The average Bonchev–Trinajstić information content (AvgIpc) is 3.16. The predicted octanol–water partition coefficient (Wildman–Crippen LogP) is 4.97. The summed E-state index contributed by atoms with van der Waals surface area (Å²) in [5, 5.41) is 9.20. The Balaban J connectivity index is 1.56. The second-order valence-electron chi connectivity index (χ2n) is 6.89. The molecule has 0 amide bonds. The maximum Gasteiger partial charge on any atom is 0.179 e. The fraction of sp³-hybridized carbons (Fsp3) is 0.167. The van der Waals surface area contributed by atoms with Crippen LogP contribution >= 0.6 is 0 Å². The zero-order valence-corrected chi connectivity index (χ0v) is 15.1. The molecule has 0 unspecified atom stereocenters. The van der Waals surface area contributed by atoms with Gasteiger partial charge >= 0.3 is 0 Å². The van der Waals surface area contributed by atoms with Gasteiger partial charge in [-0.1, -0.05) is 66.7 Å². The molecule has 0 atom stereocenters. The largest absolute Gasteiger partial charge is 0.302 e. The summed E-state index contributed by atoms with van der Waals surface area (Å²) in [6.45, 7) is 1.30. The Kier molecular flexibility index (Phi) is 4.72. The molecule has 3 heteroatoms. The Morgan fingerprint density at radius 1 is 0.963 bits per heavy atom. The van der Waals surface area contributed by atoms with E-state index in [0.717, 1.165) is 23.1 Å². The summed E-state index contributed by atoms with van der Waals surface area (Å²) in [5.41, 5.74) is 6.46. The van der Waals surface area contributed by atoms with E-state index in [4.69, 9.17) is 0 Å². The zero-order valence-electron chi connectivity index (χ0n) is 15.1. The van der Waals surface area contributed by atoms with Crippen molar-refractivity contribution in [2.24, 2.45) is 0 Å². The number of aryl methyl sites for hydroxylation is 1. The second kappa shape index (κ2) is 7.47. The number of ketones is 1. The lowest BCUT2D eigenvalue weighted by Crippen LogP contribution is -2.07. The number of carbonyl (C=O) groups excluding carboxylic acids is 1. The van der Waals surface area contributed by atoms with Gasteiger partial charge in [-0.25, -0.2) is 0 Å². The van der Waals surface area contributed by atoms with Gasteiger partial charge in [-0.3, -0.25) is 4.79 Å². The van der Waals surface area contributed by atoms with Crippen molar-refractivity contribution in [2.45, 2.75) is 25.9 Å². The summed E-state index contributed by atoms with van der Waals surface area (Å²) in [6.07, 6.45) is 3.48. The second-order valence-corrected chi connectivity index (χ2v) is 6.89. The molecule has 0 aromatic heterocycles. The van der Waals surface area contributed by atoms with Gasteiger partial charge in [-0.05, 0) is 40.3 Å². The van der Waals surface area contributed by atoms with Crippen LogP contribution in [0, 0.1) is 11.5 Å². The smallest absolute Gasteiger partial charge is 0.179 e. The first kappa shape index (κ1) is 17.1. The molecule has 0 radical (unpaired) electrons. The molecule has 0 saturated heterocycles. The van der Waals surface area contributed by atoms with Gasteiger partial charge in [0.25, 0.3) is 0 Å². The molecule has 0 bridgehead atoms. The molecule has 3 aromatic rings. The molecular formula is C24H20N2O. The molecule has 27 heavy (non-hydrogen) atoms. The SMILES string of the molecule is N#CN1Cc2cccc(-c3cccc(C(=O)CCc4ccccc4)c3)c2C1. The van der Waals surface area contributed by atoms with Crippen LogP contribution in [-0.4, -0.2) is 10.7 Å². The molecule has 0 aliphatic carbocycles. The molecule has 1 aliphatic rings. The number of fused-ring (bicyclic) bond motifs is 1. The van der Waals surface area contributed by atoms with E-state index in [-0.39, 0.29) is 5.78 Å². The topological polar surface area (TPSA) is 44.1 Å². The third-order valence-corrected chi connectivity index (χ3v) is 5.10. The summed E-state index contributed by atoms with van der Waals surface area (Å²) in [5.74, 6) is 0.159. The molecule has 1 heterocycles. The quantitative estimate of drug-likeness (QED) is 0.481. The highest BCUT2D eigenvalue weighted by molar-refractivity contribution is 5.97. The van der Waals surface area contributed by atoms with Crippen molar-refractivity contribution in [3.8, 4) is 17.3 Å². The van der Waals surface area contributed by atoms with Gasteiger partial charge in [0, 0.05) is 12.0 Å². The van der Waals surface area contributed by atoms with Crippen LogP contribution < -0.4 is 0 Å². The minimum atomic E-state index is 0.159. The lowest BCUT2D eigenvalue weighted by molar-refractivity contribution is 0.0983. The molecule has 3 nitrogen and oxygen atoms in total. The summed E-state index contributed by atoms with van der Waals surface area (Å²) in [7, 11) is 0. The minimum absolute atomic E-state index is 0.159. The molecule has 132 valence electrons. The van der Waals surface area contributed by atoms with E-state index in [2.05, 4.69) is 30.5 Å². The lowest BCUT2D eigenvalue weighted by atomic mass is 9.94. The highest BCUT2D eigenvalue weighted by atomic mass is 16.1. The Hall–Kier alpha value is -3.38. The van der Waals surface area contributed by atoms with Gasteiger partial charge in [0.15, 0.2) is 12.0 Å². The third-order valence-electron chi connectivity index (χ3n) is 5.10. The van der Waals surface area contributed by atoms with Crippen LogP contribution in [0.5, 0.6) is 0 Å². The molecule has 4 rings (SSSR count). The molecule has 0 fully saturated rings. The summed E-state index contributed by atoms with van der Waals surface area (Å²) >= 11 is 0. The number of benzene rings is 3. The molecule has 1 aliphatic heterocycles.